The third-order valence-corrected chi connectivity index (χ3v) is 9.13. The van der Waals surface area contributed by atoms with Crippen molar-refractivity contribution in [1.29, 1.82) is 0 Å². The number of ether oxygens (including phenoxy) is 2. The van der Waals surface area contributed by atoms with Gasteiger partial charge in [0.1, 0.15) is 10.9 Å². The summed E-state index contributed by atoms with van der Waals surface area (Å²) in [5, 5.41) is 4.16. The molecular formula is C32H27Cl3N4O4. The van der Waals surface area contributed by atoms with Gasteiger partial charge in [0.05, 0.1) is 41.2 Å². The minimum atomic E-state index is 0.0117. The predicted molar refractivity (Wildman–Crippen MR) is 167 cm³/mol. The molecule has 43 heavy (non-hydrogen) atoms. The van der Waals surface area contributed by atoms with Crippen LogP contribution < -0.4 is 14.8 Å². The van der Waals surface area contributed by atoms with E-state index in [-0.39, 0.29) is 17.2 Å². The van der Waals surface area contributed by atoms with Crippen LogP contribution >= 0.6 is 34.8 Å². The van der Waals surface area contributed by atoms with E-state index in [2.05, 4.69) is 15.2 Å². The van der Waals surface area contributed by atoms with Gasteiger partial charge in [0, 0.05) is 71.9 Å². The third-order valence-electron chi connectivity index (χ3n) is 8.00. The Morgan fingerprint density at radius 2 is 1.56 bits per heavy atom. The van der Waals surface area contributed by atoms with Crippen LogP contribution in [0.2, 0.25) is 15.2 Å². The van der Waals surface area contributed by atoms with Crippen LogP contribution in [-0.2, 0) is 11.3 Å². The van der Waals surface area contributed by atoms with E-state index < -0.39 is 0 Å². The van der Waals surface area contributed by atoms with Gasteiger partial charge in [0.15, 0.2) is 6.29 Å². The molecule has 11 heteroatoms. The van der Waals surface area contributed by atoms with Crippen LogP contribution in [0.3, 0.4) is 0 Å². The van der Waals surface area contributed by atoms with Crippen LogP contribution in [0.15, 0.2) is 54.6 Å². The van der Waals surface area contributed by atoms with Crippen LogP contribution in [0.1, 0.15) is 22.3 Å². The van der Waals surface area contributed by atoms with E-state index in [9.17, 15) is 9.59 Å². The first kappa shape index (κ1) is 29.4. The van der Waals surface area contributed by atoms with Crippen LogP contribution in [0, 0.1) is 5.41 Å². The fraction of sp³-hybridized carbons (Fsp3) is 0.250. The summed E-state index contributed by atoms with van der Waals surface area (Å²) in [5.41, 5.74) is 4.99. The molecule has 8 nitrogen and oxygen atoms in total. The van der Waals surface area contributed by atoms with E-state index in [1.165, 1.54) is 7.11 Å². The number of likely N-dealkylation sites (tertiary alicyclic amines) is 1. The highest BCUT2D eigenvalue weighted by atomic mass is 35.5. The molecule has 220 valence electrons. The summed E-state index contributed by atoms with van der Waals surface area (Å²) in [6, 6.07) is 16.4. The summed E-state index contributed by atoms with van der Waals surface area (Å²) < 4.78 is 11.0. The molecule has 4 aromatic rings. The molecule has 2 aromatic carbocycles. The second-order valence-electron chi connectivity index (χ2n) is 10.8. The molecule has 0 aliphatic carbocycles. The van der Waals surface area contributed by atoms with Crippen molar-refractivity contribution in [3.63, 3.8) is 0 Å². The number of amides is 1. The zero-order chi connectivity index (χ0) is 30.3. The first-order chi connectivity index (χ1) is 20.8. The number of rotatable bonds is 8. The molecule has 2 saturated heterocycles. The molecule has 0 unspecified atom stereocenters. The molecular weight excluding hydrogens is 611 g/mol. The summed E-state index contributed by atoms with van der Waals surface area (Å²) in [6.45, 7) is 2.89. The number of carbonyl (C=O) groups excluding carboxylic acids is 2. The quantitative estimate of drug-likeness (QED) is 0.172. The maximum atomic E-state index is 11.7. The van der Waals surface area contributed by atoms with Crippen molar-refractivity contribution in [3.05, 3.63) is 80.9 Å². The van der Waals surface area contributed by atoms with Crippen LogP contribution in [0.5, 0.6) is 11.6 Å². The topological polar surface area (TPSA) is 93.7 Å². The number of methoxy groups -OCH3 is 2. The van der Waals surface area contributed by atoms with Crippen molar-refractivity contribution in [2.45, 2.75) is 13.0 Å². The molecule has 1 amide bonds. The molecule has 1 N–H and O–H groups in total. The number of aldehydes is 1. The van der Waals surface area contributed by atoms with Gasteiger partial charge >= 0.3 is 0 Å². The summed E-state index contributed by atoms with van der Waals surface area (Å²) in [4.78, 5) is 34.5. The minimum Gasteiger partial charge on any atom is -0.496 e. The van der Waals surface area contributed by atoms with E-state index >= 15 is 0 Å². The van der Waals surface area contributed by atoms with Crippen molar-refractivity contribution in [2.24, 2.45) is 5.41 Å². The van der Waals surface area contributed by atoms with Crippen molar-refractivity contribution >= 4 is 47.0 Å². The molecule has 0 bridgehead atoms. The van der Waals surface area contributed by atoms with Gasteiger partial charge in [-0.2, -0.15) is 0 Å². The van der Waals surface area contributed by atoms with Crippen molar-refractivity contribution in [1.82, 2.24) is 20.2 Å². The molecule has 0 atom stereocenters. The van der Waals surface area contributed by atoms with E-state index in [1.54, 1.807) is 19.2 Å². The lowest BCUT2D eigenvalue weighted by atomic mass is 9.79. The van der Waals surface area contributed by atoms with Gasteiger partial charge in [0.25, 0.3) is 0 Å². The fourth-order valence-electron chi connectivity index (χ4n) is 5.92. The lowest BCUT2D eigenvalue weighted by Gasteiger charge is -2.47. The van der Waals surface area contributed by atoms with Gasteiger partial charge in [-0.3, -0.25) is 14.5 Å². The summed E-state index contributed by atoms with van der Waals surface area (Å²) >= 11 is 20.7. The fourth-order valence-corrected chi connectivity index (χ4v) is 6.82. The maximum Gasteiger partial charge on any atom is 0.224 e. The highest BCUT2D eigenvalue weighted by molar-refractivity contribution is 6.39. The number of aromatic nitrogens is 2. The molecule has 1 spiro atoms. The van der Waals surface area contributed by atoms with Gasteiger partial charge in [-0.05, 0) is 12.1 Å². The van der Waals surface area contributed by atoms with E-state index in [4.69, 9.17) is 49.3 Å². The second-order valence-corrected chi connectivity index (χ2v) is 11.9. The Kier molecular flexibility index (Phi) is 8.04. The van der Waals surface area contributed by atoms with Gasteiger partial charge < -0.3 is 14.8 Å². The second kappa shape index (κ2) is 11.8. The van der Waals surface area contributed by atoms with Crippen LogP contribution in [0.25, 0.3) is 33.6 Å². The highest BCUT2D eigenvalue weighted by Crippen LogP contribution is 2.44. The number of halogens is 3. The molecule has 4 heterocycles. The molecule has 2 aliphatic heterocycles. The van der Waals surface area contributed by atoms with Gasteiger partial charge in [-0.25, -0.2) is 9.97 Å². The van der Waals surface area contributed by atoms with Gasteiger partial charge in [0.2, 0.25) is 11.8 Å². The number of nitrogens with zero attached hydrogens (tertiary/aromatic N) is 3. The predicted octanol–water partition coefficient (Wildman–Crippen LogP) is 6.59. The lowest BCUT2D eigenvalue weighted by Crippen LogP contribution is -2.56. The van der Waals surface area contributed by atoms with E-state index in [0.717, 1.165) is 18.7 Å². The first-order valence-corrected chi connectivity index (χ1v) is 14.7. The van der Waals surface area contributed by atoms with E-state index in [1.807, 2.05) is 42.5 Å². The Labute approximate surface area is 263 Å². The number of hydrogen-bond donors (Lipinski definition) is 1. The Bertz CT molecular complexity index is 1760. The standard InChI is InChI=1S/C32H27Cl3N4O4/c1-42-26-11-25(37-30(35)23(26)13-39-16-32(17-39)12-27(41)36-15-32)22-8-4-6-20(29(22)34)19-5-3-7-21(28(19)33)24-10-9-18(14-40)31(38-24)43-2/h3-11,14H,12-13,15-17H2,1-2H3,(H,36,41). The maximum absolute atomic E-state index is 11.7. The zero-order valence-electron chi connectivity index (χ0n) is 23.4. The summed E-state index contributed by atoms with van der Waals surface area (Å²) in [5.74, 6) is 0.934. The molecule has 2 aliphatic rings. The largest absolute Gasteiger partial charge is 0.496 e. The molecule has 2 aromatic heterocycles. The Morgan fingerprint density at radius 1 is 0.907 bits per heavy atom. The normalized spacial score (nSPS) is 15.7. The highest BCUT2D eigenvalue weighted by Gasteiger charge is 2.48. The molecule has 2 fully saturated rings. The number of hydrogen-bond acceptors (Lipinski definition) is 7. The number of nitrogens with one attached hydrogen (secondary N) is 1. The van der Waals surface area contributed by atoms with Gasteiger partial charge in [-0.1, -0.05) is 71.2 Å². The monoisotopic (exact) mass is 636 g/mol. The van der Waals surface area contributed by atoms with Gasteiger partial charge in [-0.15, -0.1) is 0 Å². The van der Waals surface area contributed by atoms with Crippen molar-refractivity contribution in [2.75, 3.05) is 33.9 Å². The van der Waals surface area contributed by atoms with E-state index in [0.29, 0.717) is 85.9 Å². The Hall–Kier alpha value is -3.69. The first-order valence-electron chi connectivity index (χ1n) is 13.6. The number of benzene rings is 2. The Morgan fingerprint density at radius 3 is 2.14 bits per heavy atom. The van der Waals surface area contributed by atoms with Crippen molar-refractivity contribution in [3.8, 4) is 45.3 Å². The molecule has 6 rings (SSSR count). The third kappa shape index (κ3) is 5.45. The average Bonchev–Trinajstić information content (AvgIpc) is 3.39. The number of carbonyl (C=O) groups is 2. The summed E-state index contributed by atoms with van der Waals surface area (Å²) in [6.07, 6.45) is 1.25. The number of pyridine rings is 2. The zero-order valence-corrected chi connectivity index (χ0v) is 25.7. The molecule has 0 radical (unpaired) electrons. The average molecular weight is 638 g/mol. The Balaban J connectivity index is 1.32. The smallest absolute Gasteiger partial charge is 0.224 e. The lowest BCUT2D eigenvalue weighted by molar-refractivity contribution is -0.120. The summed E-state index contributed by atoms with van der Waals surface area (Å²) in [7, 11) is 3.06. The SMILES string of the molecule is COc1cc(-c2cccc(-c3cccc(-c4ccc(C=O)c(OC)n4)c3Cl)c2Cl)nc(Cl)c1CN1CC2(CNC(=O)C2)C1. The molecule has 0 saturated carbocycles. The van der Waals surface area contributed by atoms with Crippen molar-refractivity contribution < 1.29 is 19.1 Å². The van der Waals surface area contributed by atoms with Crippen LogP contribution in [0.4, 0.5) is 0 Å². The van der Waals surface area contributed by atoms with Crippen LogP contribution in [-0.4, -0.2) is 60.9 Å². The minimum absolute atomic E-state index is 0.0117.